The lowest BCUT2D eigenvalue weighted by molar-refractivity contribution is -0.0385. The summed E-state index contributed by atoms with van der Waals surface area (Å²) in [6.45, 7) is 3.08. The van der Waals surface area contributed by atoms with Crippen LogP contribution in [0.4, 0.5) is 5.95 Å². The number of sulfone groups is 1. The maximum atomic E-state index is 11.5. The SMILES string of the molecule is C[C@H](Nc1ncc(C#N)c(-c2cnc3c(Cl)cccn23)n1)c1ccc(CC2CCN(CCS(C)(=O)=O)C(O)C2)cc1. The predicted octanol–water partition coefficient (Wildman–Crippen LogP) is 4.11. The molecule has 5 rings (SSSR count). The van der Waals surface area contributed by atoms with Crippen molar-refractivity contribution in [1.82, 2.24) is 24.3 Å². The van der Waals surface area contributed by atoms with Crippen molar-refractivity contribution in [2.24, 2.45) is 5.92 Å². The number of nitrogens with one attached hydrogen (secondary N) is 1. The number of benzene rings is 1. The third-order valence-corrected chi connectivity index (χ3v) is 8.75. The van der Waals surface area contributed by atoms with Crippen molar-refractivity contribution in [3.8, 4) is 17.5 Å². The topological polar surface area (TPSA) is 137 Å². The number of aliphatic hydroxyl groups excluding tert-OH is 1. The Bertz CT molecular complexity index is 1690. The highest BCUT2D eigenvalue weighted by Gasteiger charge is 2.27. The van der Waals surface area contributed by atoms with Crippen LogP contribution in [-0.4, -0.2) is 69.1 Å². The summed E-state index contributed by atoms with van der Waals surface area (Å²) in [6, 6.07) is 14.0. The van der Waals surface area contributed by atoms with Gasteiger partial charge in [0.2, 0.25) is 5.95 Å². The van der Waals surface area contributed by atoms with Crippen molar-refractivity contribution in [2.75, 3.05) is 30.4 Å². The van der Waals surface area contributed by atoms with Crippen molar-refractivity contribution >= 4 is 33.0 Å². The van der Waals surface area contributed by atoms with Gasteiger partial charge in [0.1, 0.15) is 27.8 Å². The van der Waals surface area contributed by atoms with E-state index in [1.54, 1.807) is 16.7 Å². The average Bonchev–Trinajstić information content (AvgIpc) is 3.38. The van der Waals surface area contributed by atoms with Crippen molar-refractivity contribution in [1.29, 1.82) is 5.26 Å². The highest BCUT2D eigenvalue weighted by Crippen LogP contribution is 2.28. The number of aromatic nitrogens is 4. The van der Waals surface area contributed by atoms with E-state index in [0.717, 1.165) is 18.4 Å². The number of pyridine rings is 1. The van der Waals surface area contributed by atoms with Crippen molar-refractivity contribution < 1.29 is 13.5 Å². The first-order chi connectivity index (χ1) is 19.6. The molecule has 0 spiro atoms. The Labute approximate surface area is 244 Å². The number of hydrogen-bond acceptors (Lipinski definition) is 9. The van der Waals surface area contributed by atoms with Crippen LogP contribution >= 0.6 is 11.6 Å². The molecular weight excluding hydrogens is 562 g/mol. The summed E-state index contributed by atoms with van der Waals surface area (Å²) < 4.78 is 24.7. The molecule has 10 nitrogen and oxygen atoms in total. The number of fused-ring (bicyclic) bond motifs is 1. The molecule has 3 aromatic heterocycles. The lowest BCUT2D eigenvalue weighted by Crippen LogP contribution is -2.44. The molecule has 1 saturated heterocycles. The van der Waals surface area contributed by atoms with E-state index in [9.17, 15) is 18.8 Å². The second kappa shape index (κ2) is 12.1. The quantitative estimate of drug-likeness (QED) is 0.294. The number of anilines is 1. The van der Waals surface area contributed by atoms with E-state index in [4.69, 9.17) is 11.6 Å². The molecule has 4 aromatic rings. The summed E-state index contributed by atoms with van der Waals surface area (Å²) in [4.78, 5) is 15.3. The number of nitriles is 1. The number of nitrogens with zero attached hydrogens (tertiary/aromatic N) is 6. The van der Waals surface area contributed by atoms with Gasteiger partial charge in [-0.15, -0.1) is 0 Å². The number of likely N-dealkylation sites (tertiary alicyclic amines) is 1. The zero-order valence-electron chi connectivity index (χ0n) is 22.9. The van der Waals surface area contributed by atoms with Gasteiger partial charge >= 0.3 is 0 Å². The number of hydrogen-bond donors (Lipinski definition) is 2. The molecular formula is C29H32ClN7O3S. The number of aliphatic hydroxyl groups is 1. The summed E-state index contributed by atoms with van der Waals surface area (Å²) >= 11 is 6.28. The highest BCUT2D eigenvalue weighted by molar-refractivity contribution is 7.90. The van der Waals surface area contributed by atoms with E-state index in [0.29, 0.717) is 59.0 Å². The third-order valence-electron chi connectivity index (χ3n) is 7.53. The smallest absolute Gasteiger partial charge is 0.223 e. The predicted molar refractivity (Wildman–Crippen MR) is 158 cm³/mol. The van der Waals surface area contributed by atoms with E-state index >= 15 is 0 Å². The maximum absolute atomic E-state index is 11.5. The fraction of sp³-hybridized carbons (Fsp3) is 0.379. The minimum absolute atomic E-state index is 0.0622. The first-order valence-corrected chi connectivity index (χ1v) is 15.9. The minimum atomic E-state index is -3.05. The van der Waals surface area contributed by atoms with Crippen LogP contribution in [0.1, 0.15) is 42.5 Å². The first-order valence-electron chi connectivity index (χ1n) is 13.5. The summed E-state index contributed by atoms with van der Waals surface area (Å²) in [5, 5.41) is 24.0. The van der Waals surface area contributed by atoms with Gasteiger partial charge in [0, 0.05) is 25.5 Å². The second-order valence-electron chi connectivity index (χ2n) is 10.6. The molecule has 0 radical (unpaired) electrons. The monoisotopic (exact) mass is 593 g/mol. The summed E-state index contributed by atoms with van der Waals surface area (Å²) in [5.74, 6) is 0.789. The molecule has 12 heteroatoms. The Kier molecular flexibility index (Phi) is 8.56. The molecule has 41 heavy (non-hydrogen) atoms. The number of imidazole rings is 1. The van der Waals surface area contributed by atoms with Crippen molar-refractivity contribution in [2.45, 2.75) is 38.5 Å². The number of rotatable bonds is 9. The average molecular weight is 594 g/mol. The van der Waals surface area contributed by atoms with Crippen LogP contribution in [0.15, 0.2) is 55.0 Å². The summed E-state index contributed by atoms with van der Waals surface area (Å²) in [7, 11) is -3.05. The van der Waals surface area contributed by atoms with Crippen LogP contribution in [0.25, 0.3) is 17.0 Å². The summed E-state index contributed by atoms with van der Waals surface area (Å²) in [5.41, 5.74) is 4.27. The van der Waals surface area contributed by atoms with Gasteiger partial charge in [-0.1, -0.05) is 35.9 Å². The molecule has 3 atom stereocenters. The van der Waals surface area contributed by atoms with E-state index < -0.39 is 16.1 Å². The zero-order chi connectivity index (χ0) is 29.1. The van der Waals surface area contributed by atoms with Crippen LogP contribution in [0.2, 0.25) is 5.02 Å². The standard InChI is InChI=1S/C29H32ClN7O3S/c1-19(22-7-5-20(6-8-22)14-21-9-11-36(26(38)15-21)12-13-41(2,39)40)34-29-33-17-23(16-31)27(35-29)25-18-32-28-24(30)4-3-10-37(25)28/h3-8,10,17-19,21,26,38H,9,11-15H2,1-2H3,(H,33,34,35)/t19-,21?,26?/m0/s1. The third kappa shape index (κ3) is 6.85. The molecule has 214 valence electrons. The van der Waals surface area contributed by atoms with Crippen LogP contribution in [0.3, 0.4) is 0 Å². The number of piperidine rings is 1. The lowest BCUT2D eigenvalue weighted by atomic mass is 9.89. The normalized spacial score (nSPS) is 18.7. The fourth-order valence-electron chi connectivity index (χ4n) is 5.22. The number of halogens is 1. The molecule has 0 amide bonds. The van der Waals surface area contributed by atoms with Gasteiger partial charge in [-0.3, -0.25) is 9.30 Å². The van der Waals surface area contributed by atoms with Crippen LogP contribution in [0.5, 0.6) is 0 Å². The largest absolute Gasteiger partial charge is 0.378 e. The van der Waals surface area contributed by atoms with Crippen LogP contribution < -0.4 is 5.32 Å². The van der Waals surface area contributed by atoms with E-state index in [2.05, 4.69) is 50.6 Å². The van der Waals surface area contributed by atoms with Gasteiger partial charge in [0.15, 0.2) is 5.65 Å². The Morgan fingerprint density at radius 2 is 2.00 bits per heavy atom. The van der Waals surface area contributed by atoms with Gasteiger partial charge in [-0.25, -0.2) is 23.4 Å². The molecule has 1 aliphatic heterocycles. The molecule has 0 aliphatic carbocycles. The van der Waals surface area contributed by atoms with E-state index in [1.165, 1.54) is 18.0 Å². The molecule has 1 aromatic carbocycles. The molecule has 2 unspecified atom stereocenters. The van der Waals surface area contributed by atoms with Gasteiger partial charge in [-0.2, -0.15) is 5.26 Å². The van der Waals surface area contributed by atoms with E-state index in [-0.39, 0.29) is 11.8 Å². The summed E-state index contributed by atoms with van der Waals surface area (Å²) in [6.07, 6.45) is 7.98. The zero-order valence-corrected chi connectivity index (χ0v) is 24.5. The Hall–Kier alpha value is -3.56. The molecule has 1 fully saturated rings. The fourth-order valence-corrected chi connectivity index (χ4v) is 6.00. The van der Waals surface area contributed by atoms with Gasteiger partial charge in [-0.05, 0) is 55.4 Å². The molecule has 0 saturated carbocycles. The first kappa shape index (κ1) is 29.0. The molecule has 2 N–H and O–H groups in total. The Balaban J connectivity index is 1.23. The van der Waals surface area contributed by atoms with Gasteiger partial charge < -0.3 is 10.4 Å². The van der Waals surface area contributed by atoms with Crippen LogP contribution in [-0.2, 0) is 16.3 Å². The molecule has 0 bridgehead atoms. The van der Waals surface area contributed by atoms with Crippen molar-refractivity contribution in [3.05, 3.63) is 76.7 Å². The molecule has 4 heterocycles. The lowest BCUT2D eigenvalue weighted by Gasteiger charge is -2.36. The minimum Gasteiger partial charge on any atom is -0.378 e. The van der Waals surface area contributed by atoms with E-state index in [1.807, 2.05) is 24.1 Å². The van der Waals surface area contributed by atoms with Crippen molar-refractivity contribution in [3.63, 3.8) is 0 Å². The second-order valence-corrected chi connectivity index (χ2v) is 13.3. The van der Waals surface area contributed by atoms with Gasteiger partial charge in [0.25, 0.3) is 0 Å². The highest BCUT2D eigenvalue weighted by atomic mass is 35.5. The maximum Gasteiger partial charge on any atom is 0.223 e. The molecule has 1 aliphatic rings. The van der Waals surface area contributed by atoms with Crippen LogP contribution in [0, 0.1) is 17.2 Å². The Morgan fingerprint density at radius 3 is 2.71 bits per heavy atom. The van der Waals surface area contributed by atoms with Gasteiger partial charge in [0.05, 0.1) is 40.5 Å². The Morgan fingerprint density at radius 1 is 1.22 bits per heavy atom.